The smallest absolute Gasteiger partial charge is 0.282 e. The molecule has 0 saturated carbocycles. The van der Waals surface area contributed by atoms with Crippen molar-refractivity contribution in [2.45, 2.75) is 25.7 Å². The number of fused-ring (bicyclic) bond motifs is 1. The van der Waals surface area contributed by atoms with Crippen LogP contribution in [0.15, 0.2) is 83.8 Å². The highest BCUT2D eigenvalue weighted by Gasteiger charge is 2.24. The molecular formula is C29H26N6O2. The Morgan fingerprint density at radius 1 is 0.946 bits per heavy atom. The zero-order valence-corrected chi connectivity index (χ0v) is 20.4. The van der Waals surface area contributed by atoms with Crippen LogP contribution in [0.2, 0.25) is 0 Å². The lowest BCUT2D eigenvalue weighted by Gasteiger charge is -2.14. The Hall–Kier alpha value is -4.72. The van der Waals surface area contributed by atoms with E-state index in [9.17, 15) is 4.79 Å². The molecule has 3 heterocycles. The zero-order valence-electron chi connectivity index (χ0n) is 20.4. The minimum Gasteiger partial charge on any atom is -0.497 e. The van der Waals surface area contributed by atoms with Gasteiger partial charge in [0.15, 0.2) is 11.5 Å². The molecule has 0 aliphatic heterocycles. The molecule has 0 fully saturated rings. The highest BCUT2D eigenvalue weighted by molar-refractivity contribution is 5.89. The van der Waals surface area contributed by atoms with Crippen LogP contribution in [-0.4, -0.2) is 31.9 Å². The molecule has 0 bridgehead atoms. The highest BCUT2D eigenvalue weighted by Crippen LogP contribution is 2.37. The SMILES string of the molecule is COc1ccc(-c2c(Nc3cccnn3)nc3c(C4=CCCCC4)c(-c4ccccc4)[nH]n3c2=O)cc1. The molecule has 37 heavy (non-hydrogen) atoms. The van der Waals surface area contributed by atoms with Gasteiger partial charge in [0.1, 0.15) is 11.6 Å². The number of methoxy groups -OCH3 is 1. The number of rotatable bonds is 6. The summed E-state index contributed by atoms with van der Waals surface area (Å²) in [5.41, 5.74) is 5.58. The molecule has 0 spiro atoms. The Kier molecular flexibility index (Phi) is 5.98. The molecule has 8 heteroatoms. The van der Waals surface area contributed by atoms with Crippen molar-refractivity contribution in [3.05, 3.63) is 94.9 Å². The average molecular weight is 491 g/mol. The number of allylic oxidation sites excluding steroid dienone is 2. The lowest BCUT2D eigenvalue weighted by atomic mass is 9.92. The molecule has 2 aromatic carbocycles. The van der Waals surface area contributed by atoms with Crippen LogP contribution in [0.4, 0.5) is 11.6 Å². The number of H-pyrrole nitrogens is 1. The number of aromatic nitrogens is 5. The fourth-order valence-electron chi connectivity index (χ4n) is 4.85. The molecular weight excluding hydrogens is 464 g/mol. The normalized spacial score (nSPS) is 13.4. The molecule has 0 unspecified atom stereocenters. The summed E-state index contributed by atoms with van der Waals surface area (Å²) in [5.74, 6) is 1.64. The van der Waals surface area contributed by atoms with Crippen molar-refractivity contribution in [2.75, 3.05) is 12.4 Å². The Morgan fingerprint density at radius 2 is 1.78 bits per heavy atom. The minimum absolute atomic E-state index is 0.207. The third-order valence-corrected chi connectivity index (χ3v) is 6.65. The monoisotopic (exact) mass is 490 g/mol. The van der Waals surface area contributed by atoms with E-state index >= 15 is 0 Å². The van der Waals surface area contributed by atoms with Crippen molar-refractivity contribution < 1.29 is 4.74 Å². The molecule has 0 amide bonds. The second-order valence-corrected chi connectivity index (χ2v) is 8.96. The predicted molar refractivity (Wildman–Crippen MR) is 145 cm³/mol. The number of benzene rings is 2. The largest absolute Gasteiger partial charge is 0.497 e. The molecule has 1 aliphatic carbocycles. The van der Waals surface area contributed by atoms with Crippen LogP contribution in [0, 0.1) is 0 Å². The molecule has 0 saturated heterocycles. The van der Waals surface area contributed by atoms with Gasteiger partial charge in [-0.3, -0.25) is 9.89 Å². The van der Waals surface area contributed by atoms with E-state index in [1.807, 2.05) is 54.6 Å². The lowest BCUT2D eigenvalue weighted by molar-refractivity contribution is 0.415. The zero-order chi connectivity index (χ0) is 25.2. The van der Waals surface area contributed by atoms with Crippen LogP contribution < -0.4 is 15.6 Å². The first-order chi connectivity index (χ1) is 18.2. The first kappa shape index (κ1) is 22.7. The molecule has 5 aromatic rings. The van der Waals surface area contributed by atoms with Crippen LogP contribution in [-0.2, 0) is 0 Å². The van der Waals surface area contributed by atoms with Gasteiger partial charge in [0, 0.05) is 17.3 Å². The molecule has 8 nitrogen and oxygen atoms in total. The number of hydrogen-bond donors (Lipinski definition) is 2. The van der Waals surface area contributed by atoms with E-state index < -0.39 is 0 Å². The Morgan fingerprint density at radius 3 is 2.49 bits per heavy atom. The van der Waals surface area contributed by atoms with Gasteiger partial charge in [0.05, 0.1) is 18.4 Å². The number of hydrogen-bond acceptors (Lipinski definition) is 6. The van der Waals surface area contributed by atoms with E-state index in [0.717, 1.165) is 36.1 Å². The summed E-state index contributed by atoms with van der Waals surface area (Å²) in [6, 6.07) is 21.0. The summed E-state index contributed by atoms with van der Waals surface area (Å²) >= 11 is 0. The van der Waals surface area contributed by atoms with Gasteiger partial charge in [0.25, 0.3) is 5.56 Å². The van der Waals surface area contributed by atoms with Gasteiger partial charge in [-0.25, -0.2) is 4.98 Å². The minimum atomic E-state index is -0.207. The first-order valence-electron chi connectivity index (χ1n) is 12.4. The first-order valence-corrected chi connectivity index (χ1v) is 12.4. The van der Waals surface area contributed by atoms with Gasteiger partial charge in [0.2, 0.25) is 0 Å². The maximum atomic E-state index is 14.1. The standard InChI is InChI=1S/C29H26N6O2/c1-37-22-16-14-20(15-17-22)25-27(31-23-13-8-18-30-33-23)32-28-24(19-9-4-2-5-10-19)26(34-35(28)29(25)36)21-11-6-3-7-12-21/h3,6-9,11-18,34H,2,4-5,10H2,1H3,(H,31,33). The molecule has 0 atom stereocenters. The summed E-state index contributed by atoms with van der Waals surface area (Å²) in [5, 5.41) is 14.8. The molecule has 184 valence electrons. The Balaban J connectivity index is 1.65. The van der Waals surface area contributed by atoms with E-state index in [0.29, 0.717) is 34.2 Å². The van der Waals surface area contributed by atoms with Gasteiger partial charge in [-0.2, -0.15) is 9.61 Å². The molecule has 1 aliphatic rings. The highest BCUT2D eigenvalue weighted by atomic mass is 16.5. The lowest BCUT2D eigenvalue weighted by Crippen LogP contribution is -2.20. The summed E-state index contributed by atoms with van der Waals surface area (Å²) in [4.78, 5) is 19.2. The summed E-state index contributed by atoms with van der Waals surface area (Å²) < 4.78 is 6.89. The quantitative estimate of drug-likeness (QED) is 0.310. The fraction of sp³-hybridized carbons (Fsp3) is 0.172. The number of aromatic amines is 1. The predicted octanol–water partition coefficient (Wildman–Crippen LogP) is 5.86. The van der Waals surface area contributed by atoms with Crippen molar-refractivity contribution in [1.82, 2.24) is 24.8 Å². The maximum Gasteiger partial charge on any atom is 0.282 e. The van der Waals surface area contributed by atoms with Crippen molar-refractivity contribution >= 4 is 22.9 Å². The van der Waals surface area contributed by atoms with Gasteiger partial charge in [-0.15, -0.1) is 5.10 Å². The van der Waals surface area contributed by atoms with Crippen molar-refractivity contribution in [2.24, 2.45) is 0 Å². The number of anilines is 2. The van der Waals surface area contributed by atoms with Gasteiger partial charge < -0.3 is 10.1 Å². The van der Waals surface area contributed by atoms with Gasteiger partial charge in [-0.05, 0) is 61.1 Å². The van der Waals surface area contributed by atoms with E-state index in [-0.39, 0.29) is 5.56 Å². The maximum absolute atomic E-state index is 14.1. The Labute approximate surface area is 213 Å². The van der Waals surface area contributed by atoms with Crippen LogP contribution >= 0.6 is 0 Å². The summed E-state index contributed by atoms with van der Waals surface area (Å²) in [7, 11) is 1.62. The summed E-state index contributed by atoms with van der Waals surface area (Å²) in [6.07, 6.45) is 8.11. The van der Waals surface area contributed by atoms with Crippen LogP contribution in [0.5, 0.6) is 5.75 Å². The van der Waals surface area contributed by atoms with Gasteiger partial charge in [-0.1, -0.05) is 48.5 Å². The second-order valence-electron chi connectivity index (χ2n) is 8.96. The van der Waals surface area contributed by atoms with Crippen LogP contribution in [0.3, 0.4) is 0 Å². The van der Waals surface area contributed by atoms with Crippen LogP contribution in [0.25, 0.3) is 33.6 Å². The molecule has 0 radical (unpaired) electrons. The van der Waals surface area contributed by atoms with E-state index in [1.54, 1.807) is 30.0 Å². The third kappa shape index (κ3) is 4.27. The molecule has 2 N–H and O–H groups in total. The third-order valence-electron chi connectivity index (χ3n) is 6.65. The number of nitrogens with one attached hydrogen (secondary N) is 2. The van der Waals surface area contributed by atoms with Crippen molar-refractivity contribution in [3.63, 3.8) is 0 Å². The van der Waals surface area contributed by atoms with Crippen LogP contribution in [0.1, 0.15) is 31.2 Å². The Bertz CT molecular complexity index is 1640. The van der Waals surface area contributed by atoms with E-state index in [4.69, 9.17) is 9.72 Å². The van der Waals surface area contributed by atoms with Gasteiger partial charge >= 0.3 is 0 Å². The second kappa shape index (κ2) is 9.73. The summed E-state index contributed by atoms with van der Waals surface area (Å²) in [6.45, 7) is 0. The molecule has 3 aromatic heterocycles. The van der Waals surface area contributed by atoms with E-state index in [1.165, 1.54) is 12.0 Å². The molecule has 6 rings (SSSR count). The fourth-order valence-corrected chi connectivity index (χ4v) is 4.85. The van der Waals surface area contributed by atoms with E-state index in [2.05, 4.69) is 26.7 Å². The van der Waals surface area contributed by atoms with Crippen molar-refractivity contribution in [3.8, 4) is 28.1 Å². The topological polar surface area (TPSA) is 97.2 Å². The van der Waals surface area contributed by atoms with Crippen molar-refractivity contribution in [1.29, 1.82) is 0 Å². The number of ether oxygens (including phenoxy) is 1. The average Bonchev–Trinajstić information content (AvgIpc) is 3.35. The number of nitrogens with zero attached hydrogens (tertiary/aromatic N) is 4.